The molecule has 7 heteroatoms. The molecule has 1 N–H and O–H groups in total. The zero-order chi connectivity index (χ0) is 17.1. The van der Waals surface area contributed by atoms with E-state index in [2.05, 4.69) is 48.9 Å². The van der Waals surface area contributed by atoms with Gasteiger partial charge in [0, 0.05) is 9.77 Å². The van der Waals surface area contributed by atoms with Gasteiger partial charge in [0.1, 0.15) is 5.82 Å². The molecule has 0 aliphatic rings. The summed E-state index contributed by atoms with van der Waals surface area (Å²) < 4.78 is 16.2. The van der Waals surface area contributed by atoms with Crippen molar-refractivity contribution in [3.63, 3.8) is 0 Å². The summed E-state index contributed by atoms with van der Waals surface area (Å²) in [4.78, 5) is 12.4. The first kappa shape index (κ1) is 17.1. The first-order valence-corrected chi connectivity index (χ1v) is 8.93. The van der Waals surface area contributed by atoms with Crippen LogP contribution in [0.25, 0.3) is 0 Å². The third kappa shape index (κ3) is 4.02. The number of benzene rings is 2. The van der Waals surface area contributed by atoms with E-state index in [4.69, 9.17) is 0 Å². The predicted molar refractivity (Wildman–Crippen MR) is 103 cm³/mol. The number of hydrogen-bond donors (Lipinski definition) is 1. The van der Waals surface area contributed by atoms with E-state index in [0.29, 0.717) is 22.4 Å². The molecular weight excluding hydrogens is 488 g/mol. The molecule has 24 heavy (non-hydrogen) atoms. The van der Waals surface area contributed by atoms with Crippen molar-refractivity contribution in [3.05, 3.63) is 79.7 Å². The summed E-state index contributed by atoms with van der Waals surface area (Å²) in [5.74, 6) is -0.0414. The van der Waals surface area contributed by atoms with Crippen molar-refractivity contribution < 1.29 is 9.18 Å². The molecule has 3 aromatic rings. The van der Waals surface area contributed by atoms with Gasteiger partial charge in [-0.2, -0.15) is 5.10 Å². The van der Waals surface area contributed by atoms with Gasteiger partial charge in [-0.1, -0.05) is 24.3 Å². The number of nitrogens with zero attached hydrogens (tertiary/aromatic N) is 2. The van der Waals surface area contributed by atoms with E-state index in [9.17, 15) is 9.18 Å². The van der Waals surface area contributed by atoms with E-state index in [-0.39, 0.29) is 11.7 Å². The van der Waals surface area contributed by atoms with Crippen LogP contribution in [0.4, 0.5) is 10.2 Å². The van der Waals surface area contributed by atoms with E-state index in [1.54, 1.807) is 29.1 Å². The highest BCUT2D eigenvalue weighted by Gasteiger charge is 2.14. The summed E-state index contributed by atoms with van der Waals surface area (Å²) in [7, 11) is 0. The molecule has 0 saturated carbocycles. The maximum atomic E-state index is 13.0. The summed E-state index contributed by atoms with van der Waals surface area (Å²) in [6.45, 7) is 0.484. The van der Waals surface area contributed by atoms with E-state index in [0.717, 1.165) is 9.13 Å². The second-order valence-corrected chi connectivity index (χ2v) is 7.10. The fraction of sp³-hybridized carbons (Fsp3) is 0.0588. The van der Waals surface area contributed by atoms with Crippen LogP contribution in [-0.2, 0) is 6.54 Å². The lowest BCUT2D eigenvalue weighted by molar-refractivity contribution is 0.102. The van der Waals surface area contributed by atoms with Crippen molar-refractivity contribution in [2.75, 3.05) is 5.32 Å². The first-order chi connectivity index (χ1) is 11.5. The highest BCUT2D eigenvalue weighted by atomic mass is 127. The molecule has 0 spiro atoms. The minimum Gasteiger partial charge on any atom is -0.304 e. The number of nitrogens with one attached hydrogen (secondary N) is 1. The Bertz CT molecular complexity index is 880. The normalized spacial score (nSPS) is 10.6. The molecule has 1 heterocycles. The molecule has 0 bridgehead atoms. The molecule has 122 valence electrons. The van der Waals surface area contributed by atoms with Crippen molar-refractivity contribution in [3.8, 4) is 0 Å². The zero-order valence-electron chi connectivity index (χ0n) is 12.3. The van der Waals surface area contributed by atoms with Gasteiger partial charge >= 0.3 is 0 Å². The monoisotopic (exact) mass is 499 g/mol. The Balaban J connectivity index is 1.75. The predicted octanol–water partition coefficient (Wildman–Crippen LogP) is 4.69. The Morgan fingerprint density at radius 3 is 2.62 bits per heavy atom. The standard InChI is InChI=1S/C17H12BrFIN3O/c18-14-10-23(9-11-5-7-12(19)8-6-11)22-16(14)21-17(24)13-3-1-2-4-15(13)20/h1-8,10H,9H2,(H,21,22,24). The number of carbonyl (C=O) groups is 1. The molecule has 0 saturated heterocycles. The SMILES string of the molecule is O=C(Nc1nn(Cc2ccc(F)cc2)cc1Br)c1ccccc1I. The van der Waals surface area contributed by atoms with Crippen molar-refractivity contribution >= 4 is 50.2 Å². The number of amides is 1. The van der Waals surface area contributed by atoms with Crippen LogP contribution in [0.2, 0.25) is 0 Å². The van der Waals surface area contributed by atoms with E-state index in [1.807, 2.05) is 18.2 Å². The summed E-state index contributed by atoms with van der Waals surface area (Å²) >= 11 is 5.52. The van der Waals surface area contributed by atoms with Gasteiger partial charge in [0.15, 0.2) is 5.82 Å². The van der Waals surface area contributed by atoms with Crippen LogP contribution in [0.5, 0.6) is 0 Å². The van der Waals surface area contributed by atoms with Gasteiger partial charge < -0.3 is 5.32 Å². The van der Waals surface area contributed by atoms with Crippen LogP contribution >= 0.6 is 38.5 Å². The second-order valence-electron chi connectivity index (χ2n) is 5.08. The molecule has 1 amide bonds. The lowest BCUT2D eigenvalue weighted by atomic mass is 10.2. The molecule has 1 aromatic heterocycles. The topological polar surface area (TPSA) is 46.9 Å². The van der Waals surface area contributed by atoms with Crippen LogP contribution in [0.3, 0.4) is 0 Å². The molecule has 0 radical (unpaired) electrons. The average Bonchev–Trinajstić information content (AvgIpc) is 2.89. The molecule has 0 unspecified atom stereocenters. The van der Waals surface area contributed by atoms with E-state index < -0.39 is 0 Å². The van der Waals surface area contributed by atoms with Crippen LogP contribution in [0.15, 0.2) is 59.2 Å². The Morgan fingerprint density at radius 1 is 1.21 bits per heavy atom. The quantitative estimate of drug-likeness (QED) is 0.529. The maximum Gasteiger partial charge on any atom is 0.257 e. The molecule has 2 aromatic carbocycles. The van der Waals surface area contributed by atoms with E-state index >= 15 is 0 Å². The maximum absolute atomic E-state index is 13.0. The Morgan fingerprint density at radius 2 is 1.92 bits per heavy atom. The Hall–Kier alpha value is -1.74. The number of aromatic nitrogens is 2. The average molecular weight is 500 g/mol. The lowest BCUT2D eigenvalue weighted by Gasteiger charge is -2.05. The second kappa shape index (κ2) is 7.43. The van der Waals surface area contributed by atoms with Crippen LogP contribution in [0, 0.1) is 9.39 Å². The van der Waals surface area contributed by atoms with Gasteiger partial charge in [0.05, 0.1) is 16.6 Å². The molecule has 0 aliphatic heterocycles. The lowest BCUT2D eigenvalue weighted by Crippen LogP contribution is -2.14. The van der Waals surface area contributed by atoms with Gasteiger partial charge in [-0.05, 0) is 68.3 Å². The van der Waals surface area contributed by atoms with Crippen LogP contribution in [0.1, 0.15) is 15.9 Å². The highest BCUT2D eigenvalue weighted by Crippen LogP contribution is 2.22. The van der Waals surface area contributed by atoms with Gasteiger partial charge in [-0.15, -0.1) is 0 Å². The Kier molecular flexibility index (Phi) is 5.30. The zero-order valence-corrected chi connectivity index (χ0v) is 16.1. The molecule has 0 fully saturated rings. The third-order valence-electron chi connectivity index (χ3n) is 3.33. The summed E-state index contributed by atoms with van der Waals surface area (Å²) in [6.07, 6.45) is 1.77. The van der Waals surface area contributed by atoms with Crippen LogP contribution in [-0.4, -0.2) is 15.7 Å². The number of carbonyl (C=O) groups excluding carboxylic acids is 1. The minimum atomic E-state index is -0.272. The van der Waals surface area contributed by atoms with Crippen molar-refractivity contribution in [1.29, 1.82) is 0 Å². The Labute approximate surface area is 160 Å². The minimum absolute atomic E-state index is 0.215. The van der Waals surface area contributed by atoms with Gasteiger partial charge in [0.25, 0.3) is 5.91 Å². The highest BCUT2D eigenvalue weighted by molar-refractivity contribution is 14.1. The largest absolute Gasteiger partial charge is 0.304 e. The first-order valence-electron chi connectivity index (χ1n) is 7.06. The summed E-state index contributed by atoms with van der Waals surface area (Å²) in [6, 6.07) is 13.6. The fourth-order valence-electron chi connectivity index (χ4n) is 2.16. The number of hydrogen-bond acceptors (Lipinski definition) is 2. The number of halogens is 3. The summed E-state index contributed by atoms with van der Waals surface area (Å²) in [5.41, 5.74) is 1.51. The molecule has 0 aliphatic carbocycles. The number of anilines is 1. The van der Waals surface area contributed by atoms with Crippen molar-refractivity contribution in [2.24, 2.45) is 0 Å². The van der Waals surface area contributed by atoms with Crippen LogP contribution < -0.4 is 5.32 Å². The molecular formula is C17H12BrFIN3O. The molecule has 3 rings (SSSR count). The number of rotatable bonds is 4. The van der Waals surface area contributed by atoms with Crippen molar-refractivity contribution in [1.82, 2.24) is 9.78 Å². The van der Waals surface area contributed by atoms with E-state index in [1.165, 1.54) is 12.1 Å². The van der Waals surface area contributed by atoms with Gasteiger partial charge in [-0.3, -0.25) is 9.48 Å². The summed E-state index contributed by atoms with van der Waals surface area (Å²) in [5, 5.41) is 7.16. The fourth-order valence-corrected chi connectivity index (χ4v) is 3.21. The molecule has 4 nitrogen and oxygen atoms in total. The molecule has 0 atom stereocenters. The third-order valence-corrected chi connectivity index (χ3v) is 4.85. The van der Waals surface area contributed by atoms with Gasteiger partial charge in [0.2, 0.25) is 0 Å². The van der Waals surface area contributed by atoms with Crippen molar-refractivity contribution in [2.45, 2.75) is 6.54 Å². The van der Waals surface area contributed by atoms with Gasteiger partial charge in [-0.25, -0.2) is 4.39 Å². The smallest absolute Gasteiger partial charge is 0.257 e.